The van der Waals surface area contributed by atoms with E-state index in [1.807, 2.05) is 0 Å². The van der Waals surface area contributed by atoms with Crippen LogP contribution in [0.25, 0.3) is 0 Å². The second-order valence-electron chi connectivity index (χ2n) is 5.08. The van der Waals surface area contributed by atoms with Crippen LogP contribution < -0.4 is 5.32 Å². The molecule has 0 spiro atoms. The van der Waals surface area contributed by atoms with Crippen molar-refractivity contribution in [1.29, 1.82) is 0 Å². The Hall–Kier alpha value is -3.04. The molecule has 0 radical (unpaired) electrons. The molecule has 3 rings (SSSR count). The van der Waals surface area contributed by atoms with Gasteiger partial charge >= 0.3 is 11.7 Å². The van der Waals surface area contributed by atoms with Crippen LogP contribution in [0.4, 0.5) is 11.5 Å². The third kappa shape index (κ3) is 2.96. The Balaban J connectivity index is 1.82. The molecule has 0 aliphatic carbocycles. The van der Waals surface area contributed by atoms with Crippen molar-refractivity contribution in [2.75, 3.05) is 12.4 Å². The van der Waals surface area contributed by atoms with Gasteiger partial charge in [0.05, 0.1) is 24.1 Å². The molecule has 0 bridgehead atoms. The number of methoxy groups -OCH3 is 1. The lowest BCUT2D eigenvalue weighted by molar-refractivity contribution is -0.384. The Morgan fingerprint density at radius 2 is 2.35 bits per heavy atom. The first-order valence-electron chi connectivity index (χ1n) is 6.94. The number of nitrogens with one attached hydrogen (secondary N) is 1. The maximum Gasteiger partial charge on any atom is 0.339 e. The van der Waals surface area contributed by atoms with Crippen molar-refractivity contribution in [1.82, 2.24) is 19.7 Å². The minimum Gasteiger partial charge on any atom is -0.465 e. The van der Waals surface area contributed by atoms with Crippen LogP contribution in [0.3, 0.4) is 0 Å². The molecule has 10 heteroatoms. The smallest absolute Gasteiger partial charge is 0.339 e. The molecule has 1 atom stereocenters. The Morgan fingerprint density at radius 1 is 1.52 bits per heavy atom. The van der Waals surface area contributed by atoms with E-state index < -0.39 is 10.9 Å². The number of hydrogen-bond donors (Lipinski definition) is 1. The van der Waals surface area contributed by atoms with Gasteiger partial charge in [0, 0.05) is 24.7 Å². The van der Waals surface area contributed by atoms with Crippen LogP contribution >= 0.6 is 0 Å². The van der Waals surface area contributed by atoms with Gasteiger partial charge in [-0.25, -0.2) is 19.4 Å². The van der Waals surface area contributed by atoms with Gasteiger partial charge in [-0.15, -0.1) is 0 Å². The number of nitro groups is 1. The van der Waals surface area contributed by atoms with Gasteiger partial charge in [0.25, 0.3) is 0 Å². The first-order chi connectivity index (χ1) is 11.1. The number of rotatable bonds is 4. The number of aryl methyl sites for hydroxylation is 1. The van der Waals surface area contributed by atoms with Crippen LogP contribution in [0, 0.1) is 10.1 Å². The predicted octanol–water partition coefficient (Wildman–Crippen LogP) is 0.795. The molecule has 1 aliphatic rings. The summed E-state index contributed by atoms with van der Waals surface area (Å²) in [6.07, 6.45) is 4.23. The summed E-state index contributed by atoms with van der Waals surface area (Å²) in [6.45, 7) is 0.549. The molecule has 2 aromatic heterocycles. The van der Waals surface area contributed by atoms with E-state index in [0.29, 0.717) is 6.54 Å². The highest BCUT2D eigenvalue weighted by Crippen LogP contribution is 2.25. The number of carbonyl (C=O) groups is 1. The quantitative estimate of drug-likeness (QED) is 0.498. The number of nitrogens with zero attached hydrogens (tertiary/aromatic N) is 5. The van der Waals surface area contributed by atoms with E-state index in [4.69, 9.17) is 0 Å². The standard InChI is InChI=1S/C13H14N6O4/c1-23-13(20)8-4-10(19(21)22)12(14-5-8)17-9-2-3-11-15-7-16-18(11)6-9/h4-5,7,9H,2-3,6H2,1H3,(H,14,17). The fourth-order valence-electron chi connectivity index (χ4n) is 2.48. The molecule has 10 nitrogen and oxygen atoms in total. The molecular formula is C13H14N6O4. The van der Waals surface area contributed by atoms with Crippen LogP contribution in [0.15, 0.2) is 18.6 Å². The van der Waals surface area contributed by atoms with Gasteiger partial charge in [0.2, 0.25) is 5.82 Å². The fraction of sp³-hybridized carbons (Fsp3) is 0.385. The van der Waals surface area contributed by atoms with E-state index in [9.17, 15) is 14.9 Å². The highest BCUT2D eigenvalue weighted by atomic mass is 16.6. The number of esters is 1. The van der Waals surface area contributed by atoms with Gasteiger partial charge in [-0.1, -0.05) is 0 Å². The molecule has 1 aliphatic heterocycles. The number of ether oxygens (including phenoxy) is 1. The maximum absolute atomic E-state index is 11.5. The number of hydrogen-bond acceptors (Lipinski definition) is 8. The average molecular weight is 318 g/mol. The van der Waals surface area contributed by atoms with E-state index in [2.05, 4.69) is 25.1 Å². The number of carbonyl (C=O) groups excluding carboxylic acids is 1. The summed E-state index contributed by atoms with van der Waals surface area (Å²) in [6, 6.07) is 1.10. The molecule has 3 heterocycles. The van der Waals surface area contributed by atoms with E-state index in [1.54, 1.807) is 4.68 Å². The van der Waals surface area contributed by atoms with Crippen LogP contribution in [0.1, 0.15) is 22.6 Å². The third-order valence-electron chi connectivity index (χ3n) is 3.63. The van der Waals surface area contributed by atoms with E-state index in [0.717, 1.165) is 24.7 Å². The maximum atomic E-state index is 11.5. The topological polar surface area (TPSA) is 125 Å². The highest BCUT2D eigenvalue weighted by molar-refractivity contribution is 5.90. The predicted molar refractivity (Wildman–Crippen MR) is 78.0 cm³/mol. The van der Waals surface area contributed by atoms with Gasteiger partial charge in [-0.2, -0.15) is 5.10 Å². The molecule has 23 heavy (non-hydrogen) atoms. The number of anilines is 1. The zero-order valence-corrected chi connectivity index (χ0v) is 12.3. The van der Waals surface area contributed by atoms with Crippen LogP contribution in [0.2, 0.25) is 0 Å². The molecule has 0 fully saturated rings. The second-order valence-corrected chi connectivity index (χ2v) is 5.08. The summed E-state index contributed by atoms with van der Waals surface area (Å²) in [4.78, 5) is 30.3. The van der Waals surface area contributed by atoms with Crippen LogP contribution in [0.5, 0.6) is 0 Å². The Kier molecular flexibility index (Phi) is 3.87. The van der Waals surface area contributed by atoms with E-state index in [1.165, 1.54) is 19.6 Å². The number of fused-ring (bicyclic) bond motifs is 1. The lowest BCUT2D eigenvalue weighted by atomic mass is 10.1. The zero-order valence-electron chi connectivity index (χ0n) is 12.3. The first-order valence-corrected chi connectivity index (χ1v) is 6.94. The van der Waals surface area contributed by atoms with Gasteiger partial charge in [0.15, 0.2) is 0 Å². The molecule has 1 unspecified atom stereocenters. The highest BCUT2D eigenvalue weighted by Gasteiger charge is 2.25. The molecule has 2 aromatic rings. The molecule has 120 valence electrons. The number of aromatic nitrogens is 4. The average Bonchev–Trinajstić information content (AvgIpc) is 3.02. The summed E-state index contributed by atoms with van der Waals surface area (Å²) >= 11 is 0. The number of pyridine rings is 1. The summed E-state index contributed by atoms with van der Waals surface area (Å²) in [5, 5.41) is 18.4. The SMILES string of the molecule is COC(=O)c1cnc(NC2CCc3ncnn3C2)c([N+](=O)[O-])c1. The second kappa shape index (κ2) is 5.99. The Morgan fingerprint density at radius 3 is 3.09 bits per heavy atom. The summed E-state index contributed by atoms with van der Waals surface area (Å²) in [5.74, 6) is 0.347. The van der Waals surface area contributed by atoms with Gasteiger partial charge < -0.3 is 10.1 Å². The Bertz CT molecular complexity index is 759. The lowest BCUT2D eigenvalue weighted by Gasteiger charge is -2.23. The molecule has 0 saturated heterocycles. The van der Waals surface area contributed by atoms with Crippen LogP contribution in [-0.4, -0.2) is 43.8 Å². The third-order valence-corrected chi connectivity index (χ3v) is 3.63. The monoisotopic (exact) mass is 318 g/mol. The van der Waals surface area contributed by atoms with Crippen molar-refractivity contribution in [3.05, 3.63) is 40.1 Å². The normalized spacial score (nSPS) is 16.5. The minimum atomic E-state index is -0.669. The van der Waals surface area contributed by atoms with Crippen molar-refractivity contribution in [2.24, 2.45) is 0 Å². The van der Waals surface area contributed by atoms with Crippen LogP contribution in [-0.2, 0) is 17.7 Å². The molecule has 0 amide bonds. The van der Waals surface area contributed by atoms with Crippen molar-refractivity contribution in [2.45, 2.75) is 25.4 Å². The summed E-state index contributed by atoms with van der Waals surface area (Å²) in [7, 11) is 1.21. The molecular weight excluding hydrogens is 304 g/mol. The van der Waals surface area contributed by atoms with Crippen molar-refractivity contribution < 1.29 is 14.5 Å². The molecule has 1 N–H and O–H groups in total. The van der Waals surface area contributed by atoms with E-state index in [-0.39, 0.29) is 23.1 Å². The van der Waals surface area contributed by atoms with Crippen molar-refractivity contribution in [3.8, 4) is 0 Å². The first kappa shape index (κ1) is 14.9. The minimum absolute atomic E-state index is 0.0342. The van der Waals surface area contributed by atoms with Crippen molar-refractivity contribution in [3.63, 3.8) is 0 Å². The van der Waals surface area contributed by atoms with Gasteiger partial charge in [-0.05, 0) is 6.42 Å². The molecule has 0 saturated carbocycles. The Labute approximate surface area is 130 Å². The zero-order chi connectivity index (χ0) is 16.4. The fourth-order valence-corrected chi connectivity index (χ4v) is 2.48. The van der Waals surface area contributed by atoms with Gasteiger partial charge in [-0.3, -0.25) is 10.1 Å². The van der Waals surface area contributed by atoms with E-state index >= 15 is 0 Å². The lowest BCUT2D eigenvalue weighted by Crippen LogP contribution is -2.32. The largest absolute Gasteiger partial charge is 0.465 e. The summed E-state index contributed by atoms with van der Waals surface area (Å²) in [5.41, 5.74) is -0.232. The van der Waals surface area contributed by atoms with Crippen molar-refractivity contribution >= 4 is 17.5 Å². The summed E-state index contributed by atoms with van der Waals surface area (Å²) < 4.78 is 6.31. The van der Waals surface area contributed by atoms with Gasteiger partial charge in [0.1, 0.15) is 12.2 Å². The molecule has 0 aromatic carbocycles.